The molecule has 0 spiro atoms. The Morgan fingerprint density at radius 3 is 2.29 bits per heavy atom. The van der Waals surface area contributed by atoms with Gasteiger partial charge >= 0.3 is 0 Å². The molecule has 0 aromatic heterocycles. The van der Waals surface area contributed by atoms with E-state index in [1.54, 1.807) is 36.4 Å². The first-order chi connectivity index (χ1) is 10.1. The van der Waals surface area contributed by atoms with Crippen LogP contribution in [0.5, 0.6) is 5.75 Å². The third-order valence-corrected chi connectivity index (χ3v) is 2.89. The van der Waals surface area contributed by atoms with Crippen LogP contribution in [0.3, 0.4) is 0 Å². The molecule has 0 aliphatic heterocycles. The molecule has 0 bridgehead atoms. The fourth-order valence-corrected chi connectivity index (χ4v) is 1.83. The third-order valence-electron chi connectivity index (χ3n) is 2.89. The van der Waals surface area contributed by atoms with Crippen molar-refractivity contribution < 1.29 is 14.7 Å². The van der Waals surface area contributed by atoms with E-state index in [0.717, 1.165) is 0 Å². The Morgan fingerprint density at radius 1 is 1.00 bits per heavy atom. The zero-order valence-corrected chi connectivity index (χ0v) is 11.6. The van der Waals surface area contributed by atoms with Gasteiger partial charge < -0.3 is 15.7 Å². The van der Waals surface area contributed by atoms with Gasteiger partial charge in [0.1, 0.15) is 5.75 Å². The standard InChI is InChI=1S/C16H16N2O3/c1-2-17-15(20)11-7-9-12(10-8-11)18-16(21)13-5-3-4-6-14(13)19/h3-10,19H,2H2,1H3,(H,17,20)(H,18,21). The number of carbonyl (C=O) groups is 2. The highest BCUT2D eigenvalue weighted by atomic mass is 16.3. The molecule has 0 saturated heterocycles. The molecule has 5 heteroatoms. The van der Waals surface area contributed by atoms with Crippen molar-refractivity contribution >= 4 is 17.5 Å². The Labute approximate surface area is 122 Å². The molecule has 0 atom stereocenters. The number of benzene rings is 2. The van der Waals surface area contributed by atoms with E-state index in [4.69, 9.17) is 0 Å². The topological polar surface area (TPSA) is 78.4 Å². The van der Waals surface area contributed by atoms with Crippen LogP contribution < -0.4 is 10.6 Å². The Hall–Kier alpha value is -2.82. The SMILES string of the molecule is CCNC(=O)c1ccc(NC(=O)c2ccccc2O)cc1. The average molecular weight is 284 g/mol. The first-order valence-electron chi connectivity index (χ1n) is 6.59. The summed E-state index contributed by atoms with van der Waals surface area (Å²) < 4.78 is 0. The van der Waals surface area contributed by atoms with Crippen LogP contribution in [0.1, 0.15) is 27.6 Å². The molecule has 3 N–H and O–H groups in total. The number of anilines is 1. The molecule has 0 saturated carbocycles. The summed E-state index contributed by atoms with van der Waals surface area (Å²) in [4.78, 5) is 23.6. The maximum absolute atomic E-state index is 12.0. The molecule has 21 heavy (non-hydrogen) atoms. The summed E-state index contributed by atoms with van der Waals surface area (Å²) in [6, 6.07) is 12.8. The molecule has 108 valence electrons. The number of nitrogens with one attached hydrogen (secondary N) is 2. The number of phenolic OH excluding ortho intramolecular Hbond substituents is 1. The summed E-state index contributed by atoms with van der Waals surface area (Å²) in [6.45, 7) is 2.41. The van der Waals surface area contributed by atoms with Gasteiger partial charge in [-0.3, -0.25) is 9.59 Å². The predicted octanol–water partition coefficient (Wildman–Crippen LogP) is 2.39. The molecule has 5 nitrogen and oxygen atoms in total. The lowest BCUT2D eigenvalue weighted by Gasteiger charge is -2.07. The Morgan fingerprint density at radius 2 is 1.67 bits per heavy atom. The van der Waals surface area contributed by atoms with Gasteiger partial charge in [-0.1, -0.05) is 12.1 Å². The number of para-hydroxylation sites is 1. The number of hydrogen-bond acceptors (Lipinski definition) is 3. The van der Waals surface area contributed by atoms with E-state index < -0.39 is 5.91 Å². The van der Waals surface area contributed by atoms with E-state index in [1.165, 1.54) is 12.1 Å². The molecule has 0 heterocycles. The smallest absolute Gasteiger partial charge is 0.259 e. The summed E-state index contributed by atoms with van der Waals surface area (Å²) in [7, 11) is 0. The molecule has 0 unspecified atom stereocenters. The molecule has 0 fully saturated rings. The van der Waals surface area contributed by atoms with Crippen molar-refractivity contribution in [2.24, 2.45) is 0 Å². The summed E-state index contributed by atoms with van der Waals surface area (Å²) in [6.07, 6.45) is 0. The van der Waals surface area contributed by atoms with E-state index in [1.807, 2.05) is 6.92 Å². The van der Waals surface area contributed by atoms with Gasteiger partial charge in [-0.15, -0.1) is 0 Å². The van der Waals surface area contributed by atoms with E-state index >= 15 is 0 Å². The number of phenols is 1. The zero-order valence-electron chi connectivity index (χ0n) is 11.6. The molecule has 2 rings (SSSR count). The van der Waals surface area contributed by atoms with E-state index in [9.17, 15) is 14.7 Å². The number of rotatable bonds is 4. The summed E-state index contributed by atoms with van der Waals surface area (Å²) in [5, 5.41) is 15.0. The highest BCUT2D eigenvalue weighted by Gasteiger charge is 2.10. The van der Waals surface area contributed by atoms with Crippen LogP contribution in [0.15, 0.2) is 48.5 Å². The Kier molecular flexibility index (Phi) is 4.56. The number of hydrogen-bond donors (Lipinski definition) is 3. The molecular weight excluding hydrogens is 268 g/mol. The lowest BCUT2D eigenvalue weighted by Crippen LogP contribution is -2.22. The molecule has 0 aliphatic rings. The fourth-order valence-electron chi connectivity index (χ4n) is 1.83. The maximum atomic E-state index is 12.0. The summed E-state index contributed by atoms with van der Waals surface area (Å²) >= 11 is 0. The van der Waals surface area contributed by atoms with Crippen molar-refractivity contribution in [3.05, 3.63) is 59.7 Å². The minimum absolute atomic E-state index is 0.0751. The Bertz CT molecular complexity index is 651. The molecule has 2 aromatic carbocycles. The van der Waals surface area contributed by atoms with Gasteiger partial charge in [0.15, 0.2) is 0 Å². The second-order valence-electron chi connectivity index (χ2n) is 4.41. The quantitative estimate of drug-likeness (QED) is 0.806. The maximum Gasteiger partial charge on any atom is 0.259 e. The van der Waals surface area contributed by atoms with Crippen molar-refractivity contribution in [2.75, 3.05) is 11.9 Å². The molecule has 0 radical (unpaired) electrons. The van der Waals surface area contributed by atoms with Crippen molar-refractivity contribution in [1.29, 1.82) is 0 Å². The molecule has 2 amide bonds. The van der Waals surface area contributed by atoms with Gasteiger partial charge in [-0.25, -0.2) is 0 Å². The van der Waals surface area contributed by atoms with Crippen LogP contribution in [0.4, 0.5) is 5.69 Å². The minimum atomic E-state index is -0.404. The van der Waals surface area contributed by atoms with Crippen molar-refractivity contribution in [1.82, 2.24) is 5.32 Å². The van der Waals surface area contributed by atoms with Gasteiger partial charge in [0.25, 0.3) is 11.8 Å². The van der Waals surface area contributed by atoms with E-state index in [2.05, 4.69) is 10.6 Å². The molecule has 2 aromatic rings. The number of carbonyl (C=O) groups excluding carboxylic acids is 2. The first-order valence-corrected chi connectivity index (χ1v) is 6.59. The highest BCUT2D eigenvalue weighted by Crippen LogP contribution is 2.18. The van der Waals surface area contributed by atoms with Crippen molar-refractivity contribution in [3.63, 3.8) is 0 Å². The fraction of sp³-hybridized carbons (Fsp3) is 0.125. The van der Waals surface area contributed by atoms with Crippen LogP contribution in [-0.2, 0) is 0 Å². The van der Waals surface area contributed by atoms with E-state index in [0.29, 0.717) is 17.8 Å². The van der Waals surface area contributed by atoms with Gasteiger partial charge in [0, 0.05) is 17.8 Å². The second-order valence-corrected chi connectivity index (χ2v) is 4.41. The summed E-state index contributed by atoms with van der Waals surface area (Å²) in [5.74, 6) is -0.635. The molecular formula is C16H16N2O3. The monoisotopic (exact) mass is 284 g/mol. The lowest BCUT2D eigenvalue weighted by molar-refractivity contribution is 0.0955. The second kappa shape index (κ2) is 6.56. The minimum Gasteiger partial charge on any atom is -0.507 e. The number of amides is 2. The first kappa shape index (κ1) is 14.6. The largest absolute Gasteiger partial charge is 0.507 e. The van der Waals surface area contributed by atoms with Crippen LogP contribution in [-0.4, -0.2) is 23.5 Å². The lowest BCUT2D eigenvalue weighted by atomic mass is 10.1. The summed E-state index contributed by atoms with van der Waals surface area (Å²) in [5.41, 5.74) is 1.28. The van der Waals surface area contributed by atoms with Gasteiger partial charge in [-0.05, 0) is 43.3 Å². The van der Waals surface area contributed by atoms with Gasteiger partial charge in [-0.2, -0.15) is 0 Å². The van der Waals surface area contributed by atoms with Gasteiger partial charge in [0.05, 0.1) is 5.56 Å². The van der Waals surface area contributed by atoms with Gasteiger partial charge in [0.2, 0.25) is 0 Å². The number of aromatic hydroxyl groups is 1. The normalized spacial score (nSPS) is 9.95. The third kappa shape index (κ3) is 3.60. The van der Waals surface area contributed by atoms with Crippen LogP contribution >= 0.6 is 0 Å². The van der Waals surface area contributed by atoms with Crippen LogP contribution in [0, 0.1) is 0 Å². The predicted molar refractivity (Wildman–Crippen MR) is 80.5 cm³/mol. The van der Waals surface area contributed by atoms with E-state index in [-0.39, 0.29) is 17.2 Å². The molecule has 0 aliphatic carbocycles. The van der Waals surface area contributed by atoms with Crippen LogP contribution in [0.2, 0.25) is 0 Å². The van der Waals surface area contributed by atoms with Crippen LogP contribution in [0.25, 0.3) is 0 Å². The van der Waals surface area contributed by atoms with Crippen molar-refractivity contribution in [3.8, 4) is 5.75 Å². The highest BCUT2D eigenvalue weighted by molar-refractivity contribution is 6.06. The van der Waals surface area contributed by atoms with Crippen molar-refractivity contribution in [2.45, 2.75) is 6.92 Å². The Balaban J connectivity index is 2.09. The average Bonchev–Trinajstić information content (AvgIpc) is 2.48. The zero-order chi connectivity index (χ0) is 15.2.